The van der Waals surface area contributed by atoms with Crippen molar-refractivity contribution >= 4 is 6.09 Å². The highest BCUT2D eigenvalue weighted by Crippen LogP contribution is 2.04. The molecule has 0 atom stereocenters. The minimum atomic E-state index is -0.725. The number of hydrogen-bond donors (Lipinski definition) is 1. The highest BCUT2D eigenvalue weighted by Gasteiger charge is 2.12. The Kier molecular flexibility index (Phi) is 4.06. The molecule has 0 fully saturated rings. The molecule has 4 N–H and O–H groups in total. The Bertz CT molecular complexity index is 94.9. The first kappa shape index (κ1) is 11.1. The van der Waals surface area contributed by atoms with E-state index in [4.69, 9.17) is 5.73 Å². The minimum absolute atomic E-state index is 0. The lowest BCUT2D eigenvalue weighted by molar-refractivity contribution is 0.0600. The summed E-state index contributed by atoms with van der Waals surface area (Å²) in [4.78, 5) is 10.0. The average Bonchev–Trinajstić information content (AvgIpc) is 1.21. The van der Waals surface area contributed by atoms with Gasteiger partial charge in [0.15, 0.2) is 0 Å². The lowest BCUT2D eigenvalue weighted by Crippen LogP contribution is -2.27. The van der Waals surface area contributed by atoms with Crippen molar-refractivity contribution in [3.63, 3.8) is 0 Å². The molecule has 1 amide bonds. The van der Waals surface area contributed by atoms with Crippen molar-refractivity contribution in [1.82, 2.24) is 0 Å². The Morgan fingerprint density at radius 1 is 1.44 bits per heavy atom. The van der Waals surface area contributed by atoms with E-state index in [1.165, 1.54) is 0 Å². The van der Waals surface area contributed by atoms with E-state index in [2.05, 4.69) is 4.74 Å². The van der Waals surface area contributed by atoms with Crippen molar-refractivity contribution in [2.75, 3.05) is 0 Å². The maximum atomic E-state index is 10.0. The summed E-state index contributed by atoms with van der Waals surface area (Å²) in [5.41, 5.74) is 4.26. The number of primary amides is 1. The Hall–Kier alpha value is -0.770. The normalized spacial score (nSPS) is 9.67. The van der Waals surface area contributed by atoms with Gasteiger partial charge in [-0.3, -0.25) is 0 Å². The molecule has 0 aromatic heterocycles. The molecule has 0 saturated carbocycles. The van der Waals surface area contributed by atoms with Gasteiger partial charge in [-0.25, -0.2) is 4.79 Å². The van der Waals surface area contributed by atoms with E-state index in [0.29, 0.717) is 0 Å². The van der Waals surface area contributed by atoms with Crippen LogP contribution in [0.15, 0.2) is 0 Å². The van der Waals surface area contributed by atoms with Crippen LogP contribution in [0, 0.1) is 0 Å². The smallest absolute Gasteiger partial charge is 0.405 e. The topological polar surface area (TPSA) is 83.8 Å². The van der Waals surface area contributed by atoms with Crippen molar-refractivity contribution in [3.05, 3.63) is 0 Å². The van der Waals surface area contributed by atoms with Crippen LogP contribution in [0.25, 0.3) is 0 Å². The predicted molar refractivity (Wildman–Crippen MR) is 34.0 cm³/mol. The Morgan fingerprint density at radius 3 is 1.78 bits per heavy atom. The van der Waals surface area contributed by atoms with E-state index in [-0.39, 0.29) is 5.48 Å². The molecule has 0 unspecified atom stereocenters. The predicted octanol–water partition coefficient (Wildman–Crippen LogP) is 0.0555. The molecule has 0 aromatic carbocycles. The second kappa shape index (κ2) is 3.29. The maximum absolute atomic E-state index is 10.0. The maximum Gasteiger partial charge on any atom is 0.405 e. The monoisotopic (exact) mass is 135 g/mol. The summed E-state index contributed by atoms with van der Waals surface area (Å²) in [5.74, 6) is 0. The third-order valence-corrected chi connectivity index (χ3v) is 0.407. The van der Waals surface area contributed by atoms with Crippen molar-refractivity contribution < 1.29 is 15.0 Å². The van der Waals surface area contributed by atoms with Crippen LogP contribution < -0.4 is 5.73 Å². The molecule has 4 heteroatoms. The van der Waals surface area contributed by atoms with Gasteiger partial charge in [0.2, 0.25) is 0 Å². The van der Waals surface area contributed by atoms with Crippen LogP contribution in [0.2, 0.25) is 0 Å². The first-order chi connectivity index (χ1) is 3.42. The van der Waals surface area contributed by atoms with E-state index < -0.39 is 11.7 Å². The zero-order valence-electron chi connectivity index (χ0n) is 5.89. The molecular weight excluding hydrogens is 122 g/mol. The lowest BCUT2D eigenvalue weighted by atomic mass is 10.2. The molecule has 0 heterocycles. The van der Waals surface area contributed by atoms with Crippen LogP contribution in [0.4, 0.5) is 4.79 Å². The van der Waals surface area contributed by atoms with Crippen LogP contribution in [0.1, 0.15) is 20.8 Å². The fraction of sp³-hybridized carbons (Fsp3) is 0.800. The first-order valence-corrected chi connectivity index (χ1v) is 2.40. The van der Waals surface area contributed by atoms with Crippen molar-refractivity contribution in [2.24, 2.45) is 5.73 Å². The number of hydrogen-bond acceptors (Lipinski definition) is 2. The second-order valence-electron chi connectivity index (χ2n) is 2.53. The highest BCUT2D eigenvalue weighted by atomic mass is 16.6. The molecular formula is C5H13NO3. The molecule has 4 nitrogen and oxygen atoms in total. The Labute approximate surface area is 54.3 Å². The van der Waals surface area contributed by atoms with Gasteiger partial charge in [0.1, 0.15) is 5.60 Å². The van der Waals surface area contributed by atoms with E-state index in [0.717, 1.165) is 0 Å². The average molecular weight is 135 g/mol. The number of ether oxygens (including phenoxy) is 1. The third-order valence-electron chi connectivity index (χ3n) is 0.407. The van der Waals surface area contributed by atoms with Gasteiger partial charge >= 0.3 is 6.09 Å². The van der Waals surface area contributed by atoms with Crippen molar-refractivity contribution in [2.45, 2.75) is 26.4 Å². The van der Waals surface area contributed by atoms with Gasteiger partial charge in [0.25, 0.3) is 0 Å². The lowest BCUT2D eigenvalue weighted by Gasteiger charge is -2.16. The van der Waals surface area contributed by atoms with Crippen LogP contribution in [0.3, 0.4) is 0 Å². The standard InChI is InChI=1S/C5H11NO2.H2O/c1-5(2,3)8-4(6)7;/h1-3H3,(H2,6,7);1H2. The molecule has 56 valence electrons. The summed E-state index contributed by atoms with van der Waals surface area (Å²) in [6.45, 7) is 5.28. The molecule has 0 bridgehead atoms. The molecule has 0 radical (unpaired) electrons. The van der Waals surface area contributed by atoms with Crippen molar-refractivity contribution in [3.8, 4) is 0 Å². The van der Waals surface area contributed by atoms with Gasteiger partial charge in [0.05, 0.1) is 0 Å². The SMILES string of the molecule is CC(C)(C)OC(N)=O.O. The highest BCUT2D eigenvalue weighted by molar-refractivity contribution is 5.65. The van der Waals surface area contributed by atoms with Crippen LogP contribution in [-0.2, 0) is 4.74 Å². The molecule has 0 spiro atoms. The first-order valence-electron chi connectivity index (χ1n) is 2.40. The van der Waals surface area contributed by atoms with Crippen LogP contribution in [-0.4, -0.2) is 17.2 Å². The molecule has 0 aromatic rings. The number of rotatable bonds is 0. The van der Waals surface area contributed by atoms with Crippen molar-refractivity contribution in [1.29, 1.82) is 0 Å². The van der Waals surface area contributed by atoms with E-state index in [1.807, 2.05) is 0 Å². The summed E-state index contributed by atoms with van der Waals surface area (Å²) >= 11 is 0. The summed E-state index contributed by atoms with van der Waals surface area (Å²) in [6.07, 6.45) is -0.725. The number of carbonyl (C=O) groups is 1. The third kappa shape index (κ3) is 11.1. The molecule has 0 saturated heterocycles. The van der Waals surface area contributed by atoms with Gasteiger partial charge < -0.3 is 15.9 Å². The van der Waals surface area contributed by atoms with Gasteiger partial charge in [-0.2, -0.15) is 0 Å². The molecule has 0 rings (SSSR count). The van der Waals surface area contributed by atoms with Gasteiger partial charge in [-0.05, 0) is 20.8 Å². The quantitative estimate of drug-likeness (QED) is 0.509. The number of nitrogens with two attached hydrogens (primary N) is 1. The zero-order valence-corrected chi connectivity index (χ0v) is 5.89. The summed E-state index contributed by atoms with van der Waals surface area (Å²) in [7, 11) is 0. The van der Waals surface area contributed by atoms with E-state index in [1.54, 1.807) is 20.8 Å². The zero-order chi connectivity index (χ0) is 6.78. The number of carbonyl (C=O) groups excluding carboxylic acids is 1. The van der Waals surface area contributed by atoms with Crippen LogP contribution in [0.5, 0.6) is 0 Å². The van der Waals surface area contributed by atoms with Crippen LogP contribution >= 0.6 is 0 Å². The van der Waals surface area contributed by atoms with Gasteiger partial charge in [-0.15, -0.1) is 0 Å². The molecule has 0 aliphatic carbocycles. The second-order valence-corrected chi connectivity index (χ2v) is 2.53. The Morgan fingerprint density at radius 2 is 1.78 bits per heavy atom. The number of amides is 1. The molecule has 0 aliphatic rings. The van der Waals surface area contributed by atoms with E-state index in [9.17, 15) is 4.79 Å². The summed E-state index contributed by atoms with van der Waals surface area (Å²) < 4.78 is 4.58. The van der Waals surface area contributed by atoms with E-state index >= 15 is 0 Å². The minimum Gasteiger partial charge on any atom is -0.444 e. The molecule has 0 aliphatic heterocycles. The Balaban J connectivity index is 0. The largest absolute Gasteiger partial charge is 0.444 e. The summed E-state index contributed by atoms with van der Waals surface area (Å²) in [6, 6.07) is 0. The fourth-order valence-electron chi connectivity index (χ4n) is 0.302. The molecule has 9 heavy (non-hydrogen) atoms. The van der Waals surface area contributed by atoms with Gasteiger partial charge in [-0.1, -0.05) is 0 Å². The summed E-state index contributed by atoms with van der Waals surface area (Å²) in [5, 5.41) is 0. The fourth-order valence-corrected chi connectivity index (χ4v) is 0.302. The van der Waals surface area contributed by atoms with Gasteiger partial charge in [0, 0.05) is 0 Å².